The van der Waals surface area contributed by atoms with Gasteiger partial charge in [-0.05, 0) is 35.9 Å². The third kappa shape index (κ3) is 5.18. The van der Waals surface area contributed by atoms with E-state index in [-0.39, 0.29) is 11.1 Å². The van der Waals surface area contributed by atoms with E-state index in [9.17, 15) is 9.18 Å². The van der Waals surface area contributed by atoms with Gasteiger partial charge in [-0.2, -0.15) is 5.10 Å². The highest BCUT2D eigenvalue weighted by molar-refractivity contribution is 9.10. The Morgan fingerprint density at radius 3 is 2.94 bits per heavy atom. The Morgan fingerprint density at radius 2 is 2.13 bits per heavy atom. The van der Waals surface area contributed by atoms with Gasteiger partial charge in [-0.25, -0.2) is 24.6 Å². The van der Waals surface area contributed by atoms with Gasteiger partial charge >= 0.3 is 6.03 Å². The lowest BCUT2D eigenvalue weighted by Gasteiger charge is -2.28. The normalized spacial score (nSPS) is 13.2. The molecule has 0 atom stereocenters. The molecule has 2 heterocycles. The number of benzene rings is 2. The van der Waals surface area contributed by atoms with E-state index in [1.54, 1.807) is 4.90 Å². The zero-order valence-corrected chi connectivity index (χ0v) is 18.5. The summed E-state index contributed by atoms with van der Waals surface area (Å²) in [6, 6.07) is 11.6. The molecule has 158 valence electrons. The number of anilines is 2. The zero-order chi connectivity index (χ0) is 21.8. The monoisotopic (exact) mass is 502 g/mol. The van der Waals surface area contributed by atoms with E-state index in [2.05, 4.69) is 41.7 Å². The number of urea groups is 1. The van der Waals surface area contributed by atoms with Crippen molar-refractivity contribution in [1.82, 2.24) is 20.3 Å². The van der Waals surface area contributed by atoms with Crippen molar-refractivity contribution < 1.29 is 9.18 Å². The maximum Gasteiger partial charge on any atom is 0.338 e. The molecule has 0 radical (unpaired) electrons. The molecule has 2 N–H and O–H groups in total. The summed E-state index contributed by atoms with van der Waals surface area (Å²) in [5, 5.41) is 7.23. The molecule has 0 unspecified atom stereocenters. The molecule has 10 heteroatoms. The second-order valence-corrected chi connectivity index (χ2v) is 8.13. The number of nitrogens with one attached hydrogen (secondary N) is 2. The van der Waals surface area contributed by atoms with Crippen LogP contribution in [0.25, 0.3) is 0 Å². The minimum atomic E-state index is -0.510. The van der Waals surface area contributed by atoms with Crippen LogP contribution in [0.15, 0.2) is 58.4 Å². The summed E-state index contributed by atoms with van der Waals surface area (Å²) >= 11 is 9.21. The van der Waals surface area contributed by atoms with Crippen molar-refractivity contribution in [3.63, 3.8) is 0 Å². The van der Waals surface area contributed by atoms with E-state index in [1.807, 2.05) is 24.3 Å². The molecule has 0 fully saturated rings. The van der Waals surface area contributed by atoms with Crippen LogP contribution in [0.4, 0.5) is 20.7 Å². The number of rotatable bonds is 4. The molecule has 4 rings (SSSR count). The van der Waals surface area contributed by atoms with E-state index >= 15 is 0 Å². The van der Waals surface area contributed by atoms with Gasteiger partial charge in [0.15, 0.2) is 0 Å². The third-order valence-electron chi connectivity index (χ3n) is 4.69. The van der Waals surface area contributed by atoms with Gasteiger partial charge in [-0.1, -0.05) is 39.7 Å². The molecular formula is C21H17BrClFN6O. The topological polar surface area (TPSA) is 82.5 Å². The predicted octanol–water partition coefficient (Wildman–Crippen LogP) is 4.88. The first-order chi connectivity index (χ1) is 15.0. The van der Waals surface area contributed by atoms with Crippen molar-refractivity contribution >= 4 is 51.3 Å². The Kier molecular flexibility index (Phi) is 6.43. The largest absolute Gasteiger partial charge is 0.340 e. The van der Waals surface area contributed by atoms with E-state index in [4.69, 9.17) is 11.6 Å². The molecule has 1 aliphatic heterocycles. The summed E-state index contributed by atoms with van der Waals surface area (Å²) in [7, 11) is 0. The van der Waals surface area contributed by atoms with E-state index < -0.39 is 5.82 Å². The molecule has 0 saturated carbocycles. The quantitative estimate of drug-likeness (QED) is 0.393. The third-order valence-corrected chi connectivity index (χ3v) is 5.48. The van der Waals surface area contributed by atoms with Crippen LogP contribution >= 0.6 is 27.5 Å². The molecule has 2 aromatic carbocycles. The number of amides is 2. The van der Waals surface area contributed by atoms with Gasteiger partial charge in [-0.15, -0.1) is 0 Å². The molecule has 31 heavy (non-hydrogen) atoms. The van der Waals surface area contributed by atoms with Crippen LogP contribution in [0, 0.1) is 5.82 Å². The van der Waals surface area contributed by atoms with Crippen LogP contribution < -0.4 is 10.7 Å². The highest BCUT2D eigenvalue weighted by Gasteiger charge is 2.24. The number of nitrogens with zero attached hydrogens (tertiary/aromatic N) is 4. The average Bonchev–Trinajstić information content (AvgIpc) is 2.76. The minimum absolute atomic E-state index is 0.00612. The first-order valence-corrected chi connectivity index (χ1v) is 10.5. The molecule has 2 amide bonds. The smallest absolute Gasteiger partial charge is 0.338 e. The van der Waals surface area contributed by atoms with Gasteiger partial charge < -0.3 is 10.2 Å². The number of carbonyl (C=O) groups is 1. The number of fused-ring (bicyclic) bond motifs is 1. The van der Waals surface area contributed by atoms with Crippen LogP contribution in [0.1, 0.15) is 16.8 Å². The fourth-order valence-corrected chi connectivity index (χ4v) is 3.74. The molecule has 0 spiro atoms. The fraction of sp³-hybridized carbons (Fsp3) is 0.143. The SMILES string of the molecule is O=C(N/N=C/c1ccc(F)c(Cl)c1)N1CCc2ncnc(Nc3cccc(Br)c3)c2C1. The van der Waals surface area contributed by atoms with Gasteiger partial charge in [0, 0.05) is 28.7 Å². The summed E-state index contributed by atoms with van der Waals surface area (Å²) in [4.78, 5) is 22.9. The van der Waals surface area contributed by atoms with Crippen LogP contribution in [0.5, 0.6) is 0 Å². The fourth-order valence-electron chi connectivity index (χ4n) is 3.15. The van der Waals surface area contributed by atoms with Gasteiger partial charge in [0.2, 0.25) is 0 Å². The highest BCUT2D eigenvalue weighted by Crippen LogP contribution is 2.26. The second-order valence-electron chi connectivity index (χ2n) is 6.80. The number of hydrogen-bond acceptors (Lipinski definition) is 5. The number of hydrogen-bond donors (Lipinski definition) is 2. The Labute approximate surface area is 191 Å². The minimum Gasteiger partial charge on any atom is -0.340 e. The van der Waals surface area contributed by atoms with Gasteiger partial charge in [0.25, 0.3) is 0 Å². The Morgan fingerprint density at radius 1 is 1.26 bits per heavy atom. The van der Waals surface area contributed by atoms with Crippen molar-refractivity contribution in [3.05, 3.63) is 80.9 Å². The average molecular weight is 504 g/mol. The zero-order valence-electron chi connectivity index (χ0n) is 16.1. The van der Waals surface area contributed by atoms with Crippen LogP contribution in [0.2, 0.25) is 5.02 Å². The van der Waals surface area contributed by atoms with Crippen LogP contribution in [-0.2, 0) is 13.0 Å². The van der Waals surface area contributed by atoms with Crippen molar-refractivity contribution in [2.24, 2.45) is 5.10 Å². The Hall–Kier alpha value is -3.04. The number of carbonyl (C=O) groups excluding carboxylic acids is 1. The van der Waals surface area contributed by atoms with E-state index in [1.165, 1.54) is 30.7 Å². The first kappa shape index (κ1) is 21.2. The first-order valence-electron chi connectivity index (χ1n) is 9.38. The molecule has 1 aromatic heterocycles. The molecule has 0 aliphatic carbocycles. The van der Waals surface area contributed by atoms with Gasteiger partial charge in [0.1, 0.15) is 18.0 Å². The molecule has 1 aliphatic rings. The summed E-state index contributed by atoms with van der Waals surface area (Å²) < 4.78 is 14.2. The van der Waals surface area contributed by atoms with E-state index in [0.29, 0.717) is 30.9 Å². The van der Waals surface area contributed by atoms with E-state index in [0.717, 1.165) is 21.4 Å². The van der Waals surface area contributed by atoms with Crippen molar-refractivity contribution in [2.45, 2.75) is 13.0 Å². The lowest BCUT2D eigenvalue weighted by atomic mass is 10.1. The lowest BCUT2D eigenvalue weighted by Crippen LogP contribution is -2.41. The van der Waals surface area contributed by atoms with Gasteiger partial charge in [0.05, 0.1) is 23.5 Å². The Bertz CT molecular complexity index is 1160. The second kappa shape index (κ2) is 9.40. The highest BCUT2D eigenvalue weighted by atomic mass is 79.9. The molecular weight excluding hydrogens is 487 g/mol. The van der Waals surface area contributed by atoms with Crippen LogP contribution in [-0.4, -0.2) is 33.7 Å². The standard InChI is InChI=1S/C21H17BrClFN6O/c22-14-2-1-3-15(9-14)28-20-16-11-30(7-6-19(16)25-12-26-20)21(31)29-27-10-13-4-5-18(24)17(23)8-13/h1-5,8-10,12H,6-7,11H2,(H,29,31)(H,25,26,28)/b27-10+. The summed E-state index contributed by atoms with van der Waals surface area (Å²) in [5.74, 6) is 0.148. The van der Waals surface area contributed by atoms with Crippen LogP contribution in [0.3, 0.4) is 0 Å². The molecule has 0 saturated heterocycles. The van der Waals surface area contributed by atoms with Gasteiger partial charge in [-0.3, -0.25) is 0 Å². The summed E-state index contributed by atoms with van der Waals surface area (Å²) in [6.45, 7) is 0.848. The predicted molar refractivity (Wildman–Crippen MR) is 121 cm³/mol. The number of hydrazone groups is 1. The maximum absolute atomic E-state index is 13.2. The maximum atomic E-state index is 13.2. The number of aromatic nitrogens is 2. The lowest BCUT2D eigenvalue weighted by molar-refractivity contribution is 0.192. The summed E-state index contributed by atoms with van der Waals surface area (Å²) in [6.07, 6.45) is 3.53. The molecule has 3 aromatic rings. The summed E-state index contributed by atoms with van der Waals surface area (Å²) in [5.41, 5.74) is 5.71. The molecule has 0 bridgehead atoms. The van der Waals surface area contributed by atoms with Crippen molar-refractivity contribution in [3.8, 4) is 0 Å². The van der Waals surface area contributed by atoms with Crippen molar-refractivity contribution in [2.75, 3.05) is 11.9 Å². The number of halogens is 3. The Balaban J connectivity index is 1.44. The molecule has 7 nitrogen and oxygen atoms in total. The van der Waals surface area contributed by atoms with Crippen molar-refractivity contribution in [1.29, 1.82) is 0 Å².